The smallest absolute Gasteiger partial charge is 0.248 e. The summed E-state index contributed by atoms with van der Waals surface area (Å²) in [5, 5.41) is 15.4. The molecule has 0 aromatic heterocycles. The van der Waals surface area contributed by atoms with Crippen molar-refractivity contribution in [2.45, 2.75) is 69.9 Å². The molecule has 9 heteroatoms. The number of benzene rings is 2. The molecule has 1 aliphatic heterocycles. The molecule has 1 aliphatic carbocycles. The van der Waals surface area contributed by atoms with Crippen molar-refractivity contribution in [2.75, 3.05) is 13.1 Å². The third-order valence-corrected chi connectivity index (χ3v) is 9.46. The zero-order valence-electron chi connectivity index (χ0n) is 22.7. The first-order valence-electron chi connectivity index (χ1n) is 13.5. The lowest BCUT2D eigenvalue weighted by Crippen LogP contribution is -2.50. The molecule has 2 unspecified atom stereocenters. The Labute approximate surface area is 231 Å². The molecule has 8 nitrogen and oxygen atoms in total. The van der Waals surface area contributed by atoms with E-state index >= 15 is 0 Å². The zero-order valence-corrected chi connectivity index (χ0v) is 23.6. The monoisotopic (exact) mass is 548 g/mol. The van der Waals surface area contributed by atoms with Crippen LogP contribution in [0, 0.1) is 17.2 Å². The van der Waals surface area contributed by atoms with Gasteiger partial charge in [-0.3, -0.25) is 9.59 Å². The van der Waals surface area contributed by atoms with Gasteiger partial charge in [-0.2, -0.15) is 9.57 Å². The summed E-state index contributed by atoms with van der Waals surface area (Å²) < 4.78 is 27.9. The average molecular weight is 549 g/mol. The minimum absolute atomic E-state index is 0.00774. The van der Waals surface area contributed by atoms with Crippen LogP contribution in [-0.4, -0.2) is 49.7 Å². The van der Waals surface area contributed by atoms with Crippen LogP contribution in [0.4, 0.5) is 0 Å². The summed E-state index contributed by atoms with van der Waals surface area (Å²) in [6.45, 7) is 6.51. The maximum absolute atomic E-state index is 13.4. The quantitative estimate of drug-likeness (QED) is 0.520. The first-order valence-corrected chi connectivity index (χ1v) is 14.9. The molecule has 2 aliphatic rings. The van der Waals surface area contributed by atoms with Gasteiger partial charge >= 0.3 is 0 Å². The Hall–Kier alpha value is -3.48. The molecule has 0 spiro atoms. The third-order valence-electron chi connectivity index (χ3n) is 7.50. The molecule has 2 atom stereocenters. The maximum Gasteiger partial charge on any atom is 0.248 e. The molecule has 0 saturated carbocycles. The van der Waals surface area contributed by atoms with E-state index in [4.69, 9.17) is 0 Å². The van der Waals surface area contributed by atoms with E-state index in [1.165, 1.54) is 16.4 Å². The summed E-state index contributed by atoms with van der Waals surface area (Å²) in [6.07, 6.45) is 2.69. The van der Waals surface area contributed by atoms with Gasteiger partial charge in [-0.25, -0.2) is 8.42 Å². The Morgan fingerprint density at radius 2 is 1.79 bits per heavy atom. The number of sulfonamides is 1. The second-order valence-corrected chi connectivity index (χ2v) is 12.6. The third kappa shape index (κ3) is 6.40. The van der Waals surface area contributed by atoms with Gasteiger partial charge in [0, 0.05) is 31.1 Å². The van der Waals surface area contributed by atoms with Crippen molar-refractivity contribution in [1.29, 1.82) is 5.26 Å². The van der Waals surface area contributed by atoms with E-state index in [2.05, 4.69) is 10.6 Å². The fourth-order valence-electron chi connectivity index (χ4n) is 5.40. The summed E-state index contributed by atoms with van der Waals surface area (Å²) in [5.74, 6) is -0.285. The number of hydrogen-bond donors (Lipinski definition) is 2. The maximum atomic E-state index is 13.4. The number of rotatable bonds is 8. The normalized spacial score (nSPS) is 18.7. The number of fused-ring (bicyclic) bond motifs is 1. The standard InChI is InChI=1S/C30H36N4O4S/c1-20(2)17-27(33-29(35)26-18-22-9-4-6-12-25(22)21(26)3)30(36)32-24-11-8-15-34(16-14-24)39(37,38)28-13-7-5-10-23(28)19-31/h4-7,9-10,12-13,20,24,27H,8,11,14-18H2,1-3H3,(H,32,36)(H,33,35). The van der Waals surface area contributed by atoms with E-state index in [-0.39, 0.29) is 40.8 Å². The number of hydrogen-bond acceptors (Lipinski definition) is 5. The van der Waals surface area contributed by atoms with Crippen molar-refractivity contribution in [3.05, 3.63) is 70.8 Å². The molecule has 2 amide bonds. The Morgan fingerprint density at radius 3 is 2.51 bits per heavy atom. The predicted octanol–water partition coefficient (Wildman–Crippen LogP) is 3.78. The lowest BCUT2D eigenvalue weighted by molar-refractivity contribution is -0.128. The number of amides is 2. The Morgan fingerprint density at radius 1 is 1.08 bits per heavy atom. The van der Waals surface area contributed by atoms with E-state index in [0.29, 0.717) is 44.2 Å². The van der Waals surface area contributed by atoms with Crippen molar-refractivity contribution >= 4 is 27.4 Å². The molecule has 206 valence electrons. The van der Waals surface area contributed by atoms with Crippen LogP contribution in [0.3, 0.4) is 0 Å². The van der Waals surface area contributed by atoms with E-state index in [0.717, 1.165) is 16.7 Å². The van der Waals surface area contributed by atoms with Crippen LogP contribution in [0.15, 0.2) is 59.0 Å². The van der Waals surface area contributed by atoms with Crippen LogP contribution >= 0.6 is 0 Å². The van der Waals surface area contributed by atoms with Crippen molar-refractivity contribution in [1.82, 2.24) is 14.9 Å². The van der Waals surface area contributed by atoms with Gasteiger partial charge in [-0.1, -0.05) is 50.2 Å². The van der Waals surface area contributed by atoms with Gasteiger partial charge in [-0.15, -0.1) is 0 Å². The minimum atomic E-state index is -3.83. The van der Waals surface area contributed by atoms with Gasteiger partial charge in [0.2, 0.25) is 21.8 Å². The highest BCUT2D eigenvalue weighted by molar-refractivity contribution is 7.89. The first kappa shape index (κ1) is 28.5. The van der Waals surface area contributed by atoms with Crippen molar-refractivity contribution < 1.29 is 18.0 Å². The highest BCUT2D eigenvalue weighted by atomic mass is 32.2. The van der Waals surface area contributed by atoms with Gasteiger partial charge in [0.05, 0.1) is 10.5 Å². The number of carbonyl (C=O) groups is 2. The Kier molecular flexibility index (Phi) is 8.88. The van der Waals surface area contributed by atoms with Crippen LogP contribution in [0.25, 0.3) is 5.57 Å². The van der Waals surface area contributed by atoms with Crippen LogP contribution in [0.1, 0.15) is 63.1 Å². The SMILES string of the molecule is CC1=C(C(=O)NC(CC(C)C)C(=O)NC2CCCN(S(=O)(=O)c3ccccc3C#N)CC2)Cc2ccccc21. The van der Waals surface area contributed by atoms with Crippen LogP contribution in [0.5, 0.6) is 0 Å². The predicted molar refractivity (Wildman–Crippen MR) is 150 cm³/mol. The second kappa shape index (κ2) is 12.1. The molecule has 0 radical (unpaired) electrons. The summed E-state index contributed by atoms with van der Waals surface area (Å²) in [7, 11) is -3.83. The number of nitrogens with one attached hydrogen (secondary N) is 2. The van der Waals surface area contributed by atoms with Gasteiger partial charge in [-0.05, 0) is 67.4 Å². The lowest BCUT2D eigenvalue weighted by Gasteiger charge is -2.24. The average Bonchev–Trinajstić information content (AvgIpc) is 3.07. The number of nitrogens with zero attached hydrogens (tertiary/aromatic N) is 2. The number of carbonyl (C=O) groups excluding carboxylic acids is 2. The summed E-state index contributed by atoms with van der Waals surface area (Å²) in [5.41, 5.74) is 3.93. The molecular weight excluding hydrogens is 512 g/mol. The summed E-state index contributed by atoms with van der Waals surface area (Å²) in [6, 6.07) is 15.2. The van der Waals surface area contributed by atoms with E-state index in [1.54, 1.807) is 12.1 Å². The van der Waals surface area contributed by atoms with Crippen LogP contribution in [0.2, 0.25) is 0 Å². The molecule has 0 bridgehead atoms. The fourth-order valence-corrected chi connectivity index (χ4v) is 7.04. The molecule has 2 N–H and O–H groups in total. The van der Waals surface area contributed by atoms with Crippen LogP contribution < -0.4 is 10.6 Å². The second-order valence-electron chi connectivity index (χ2n) is 10.7. The van der Waals surface area contributed by atoms with Crippen molar-refractivity contribution in [3.63, 3.8) is 0 Å². The molecule has 2 aromatic carbocycles. The number of allylic oxidation sites excluding steroid dienone is 1. The highest BCUT2D eigenvalue weighted by Crippen LogP contribution is 2.32. The molecule has 1 fully saturated rings. The highest BCUT2D eigenvalue weighted by Gasteiger charge is 2.32. The van der Waals surface area contributed by atoms with Gasteiger partial charge in [0.15, 0.2) is 0 Å². The van der Waals surface area contributed by atoms with E-state index in [1.807, 2.05) is 51.1 Å². The fraction of sp³-hybridized carbons (Fsp3) is 0.433. The van der Waals surface area contributed by atoms with E-state index < -0.39 is 16.1 Å². The van der Waals surface area contributed by atoms with Crippen LogP contribution in [-0.2, 0) is 26.0 Å². The largest absolute Gasteiger partial charge is 0.352 e. The molecule has 4 rings (SSSR count). The molecule has 1 saturated heterocycles. The van der Waals surface area contributed by atoms with Gasteiger partial charge < -0.3 is 10.6 Å². The first-order chi connectivity index (χ1) is 18.6. The molecule has 39 heavy (non-hydrogen) atoms. The number of nitriles is 1. The molecule has 1 heterocycles. The topological polar surface area (TPSA) is 119 Å². The minimum Gasteiger partial charge on any atom is -0.352 e. The zero-order chi connectivity index (χ0) is 28.2. The summed E-state index contributed by atoms with van der Waals surface area (Å²) >= 11 is 0. The van der Waals surface area contributed by atoms with Crippen molar-refractivity contribution in [3.8, 4) is 6.07 Å². The lowest BCUT2D eigenvalue weighted by atomic mass is 10.0. The summed E-state index contributed by atoms with van der Waals surface area (Å²) in [4.78, 5) is 26.7. The van der Waals surface area contributed by atoms with Crippen molar-refractivity contribution in [2.24, 2.45) is 5.92 Å². The molecule has 2 aromatic rings. The van der Waals surface area contributed by atoms with Gasteiger partial charge in [0.25, 0.3) is 0 Å². The van der Waals surface area contributed by atoms with Gasteiger partial charge in [0.1, 0.15) is 12.1 Å². The molecular formula is C30H36N4O4S. The van der Waals surface area contributed by atoms with E-state index in [9.17, 15) is 23.3 Å². The Bertz CT molecular complexity index is 1420. The Balaban J connectivity index is 1.41.